The zero-order chi connectivity index (χ0) is 12.0. The Morgan fingerprint density at radius 2 is 2.06 bits per heavy atom. The van der Waals surface area contributed by atoms with Crippen molar-refractivity contribution in [3.63, 3.8) is 0 Å². The van der Waals surface area contributed by atoms with Crippen LogP contribution in [-0.2, 0) is 16.1 Å². The summed E-state index contributed by atoms with van der Waals surface area (Å²) >= 11 is 1.64. The molecule has 0 aromatic carbocycles. The van der Waals surface area contributed by atoms with Crippen molar-refractivity contribution in [1.29, 1.82) is 0 Å². The van der Waals surface area contributed by atoms with E-state index in [0.29, 0.717) is 6.54 Å². The van der Waals surface area contributed by atoms with Gasteiger partial charge in [-0.25, -0.2) is 0 Å². The number of hydrogen-bond donors (Lipinski definition) is 3. The Hall–Kier alpha value is -1.40. The third kappa shape index (κ3) is 4.41. The summed E-state index contributed by atoms with van der Waals surface area (Å²) in [5, 5.41) is 5.11. The maximum absolute atomic E-state index is 11.3. The van der Waals surface area contributed by atoms with Gasteiger partial charge in [0.1, 0.15) is 0 Å². The number of aryl methyl sites for hydroxylation is 1. The molecule has 0 spiro atoms. The molecule has 0 aliphatic heterocycles. The van der Waals surface area contributed by atoms with E-state index < -0.39 is 0 Å². The van der Waals surface area contributed by atoms with Crippen molar-refractivity contribution in [2.75, 3.05) is 13.1 Å². The van der Waals surface area contributed by atoms with E-state index in [2.05, 4.69) is 10.6 Å². The first-order chi connectivity index (χ1) is 7.61. The highest BCUT2D eigenvalue weighted by molar-refractivity contribution is 7.11. The average molecular weight is 241 g/mol. The fourth-order valence-electron chi connectivity index (χ4n) is 1.08. The molecule has 16 heavy (non-hydrogen) atoms. The van der Waals surface area contributed by atoms with Crippen LogP contribution in [0, 0.1) is 6.92 Å². The summed E-state index contributed by atoms with van der Waals surface area (Å²) in [6.45, 7) is 2.38. The maximum Gasteiger partial charge on any atom is 0.239 e. The minimum Gasteiger partial charge on any atom is -0.350 e. The van der Waals surface area contributed by atoms with Crippen molar-refractivity contribution in [2.24, 2.45) is 5.73 Å². The lowest BCUT2D eigenvalue weighted by molar-refractivity contribution is -0.125. The third-order valence-corrected chi connectivity index (χ3v) is 2.89. The van der Waals surface area contributed by atoms with Crippen molar-refractivity contribution in [1.82, 2.24) is 10.6 Å². The topological polar surface area (TPSA) is 84.2 Å². The van der Waals surface area contributed by atoms with Gasteiger partial charge < -0.3 is 16.4 Å². The first-order valence-electron chi connectivity index (χ1n) is 4.90. The molecule has 0 unspecified atom stereocenters. The molecule has 1 rings (SSSR count). The van der Waals surface area contributed by atoms with E-state index in [1.807, 2.05) is 19.1 Å². The van der Waals surface area contributed by atoms with Gasteiger partial charge in [0.2, 0.25) is 11.8 Å². The summed E-state index contributed by atoms with van der Waals surface area (Å²) in [5.74, 6) is -0.546. The molecule has 1 aromatic heterocycles. The van der Waals surface area contributed by atoms with E-state index in [9.17, 15) is 9.59 Å². The van der Waals surface area contributed by atoms with Crippen molar-refractivity contribution >= 4 is 23.2 Å². The van der Waals surface area contributed by atoms with E-state index in [-0.39, 0.29) is 24.9 Å². The van der Waals surface area contributed by atoms with Gasteiger partial charge in [-0.05, 0) is 19.1 Å². The molecule has 1 heterocycles. The Morgan fingerprint density at radius 3 is 2.62 bits per heavy atom. The SMILES string of the molecule is Cc1ccc(CNC(=O)CNC(=O)CN)s1. The van der Waals surface area contributed by atoms with Gasteiger partial charge in [-0.2, -0.15) is 0 Å². The molecule has 0 saturated heterocycles. The summed E-state index contributed by atoms with van der Waals surface area (Å²) in [7, 11) is 0. The van der Waals surface area contributed by atoms with Crippen molar-refractivity contribution in [2.45, 2.75) is 13.5 Å². The van der Waals surface area contributed by atoms with Gasteiger partial charge >= 0.3 is 0 Å². The Balaban J connectivity index is 2.22. The van der Waals surface area contributed by atoms with Gasteiger partial charge in [-0.15, -0.1) is 11.3 Å². The molecule has 4 N–H and O–H groups in total. The molecule has 6 heteroatoms. The van der Waals surface area contributed by atoms with E-state index >= 15 is 0 Å². The number of carbonyl (C=O) groups is 2. The van der Waals surface area contributed by atoms with Gasteiger partial charge in [-0.3, -0.25) is 9.59 Å². The van der Waals surface area contributed by atoms with Crippen LogP contribution >= 0.6 is 11.3 Å². The molecular formula is C10H15N3O2S. The summed E-state index contributed by atoms with van der Waals surface area (Å²) in [6.07, 6.45) is 0. The molecule has 0 radical (unpaired) electrons. The standard InChI is InChI=1S/C10H15N3O2S/c1-7-2-3-8(16-7)5-12-10(15)6-13-9(14)4-11/h2-3H,4-6,11H2,1H3,(H,12,15)(H,13,14). The minimum atomic E-state index is -0.331. The van der Waals surface area contributed by atoms with E-state index in [1.165, 1.54) is 4.88 Å². The van der Waals surface area contributed by atoms with E-state index in [0.717, 1.165) is 4.88 Å². The predicted octanol–water partition coefficient (Wildman–Crippen LogP) is -0.252. The van der Waals surface area contributed by atoms with Crippen LogP contribution < -0.4 is 16.4 Å². The highest BCUT2D eigenvalue weighted by Gasteiger charge is 2.04. The van der Waals surface area contributed by atoms with Crippen LogP contribution in [0.2, 0.25) is 0 Å². The van der Waals surface area contributed by atoms with Gasteiger partial charge in [0.05, 0.1) is 19.6 Å². The number of carbonyl (C=O) groups excluding carboxylic acids is 2. The molecule has 5 nitrogen and oxygen atoms in total. The summed E-state index contributed by atoms with van der Waals surface area (Å²) < 4.78 is 0. The fraction of sp³-hybridized carbons (Fsp3) is 0.400. The van der Waals surface area contributed by atoms with Gasteiger partial charge in [0.25, 0.3) is 0 Å². The number of nitrogens with one attached hydrogen (secondary N) is 2. The van der Waals surface area contributed by atoms with Crippen molar-refractivity contribution < 1.29 is 9.59 Å². The van der Waals surface area contributed by atoms with Crippen LogP contribution in [0.25, 0.3) is 0 Å². The second-order valence-corrected chi connectivity index (χ2v) is 4.64. The second kappa shape index (κ2) is 6.24. The first-order valence-corrected chi connectivity index (χ1v) is 5.72. The molecule has 0 aliphatic rings. The maximum atomic E-state index is 11.3. The van der Waals surface area contributed by atoms with Crippen LogP contribution in [0.5, 0.6) is 0 Å². The molecule has 0 atom stereocenters. The minimum absolute atomic E-state index is 0.0274. The molecular weight excluding hydrogens is 226 g/mol. The van der Waals surface area contributed by atoms with Crippen LogP contribution in [0.4, 0.5) is 0 Å². The number of thiophene rings is 1. The number of rotatable bonds is 5. The molecule has 0 bridgehead atoms. The fourth-order valence-corrected chi connectivity index (χ4v) is 1.91. The van der Waals surface area contributed by atoms with Gasteiger partial charge in [0.15, 0.2) is 0 Å². The Kier molecular flexibility index (Phi) is 4.94. The highest BCUT2D eigenvalue weighted by Crippen LogP contribution is 2.14. The smallest absolute Gasteiger partial charge is 0.239 e. The largest absolute Gasteiger partial charge is 0.350 e. The molecule has 0 saturated carbocycles. The zero-order valence-electron chi connectivity index (χ0n) is 9.08. The lowest BCUT2D eigenvalue weighted by atomic mass is 10.4. The average Bonchev–Trinajstić information content (AvgIpc) is 2.69. The van der Waals surface area contributed by atoms with Crippen LogP contribution in [0.3, 0.4) is 0 Å². The lowest BCUT2D eigenvalue weighted by Gasteiger charge is -2.04. The number of amides is 2. The molecule has 2 amide bonds. The summed E-state index contributed by atoms with van der Waals surface area (Å²) in [5.41, 5.74) is 5.08. The Bertz CT molecular complexity index is 376. The summed E-state index contributed by atoms with van der Waals surface area (Å²) in [4.78, 5) is 24.4. The third-order valence-electron chi connectivity index (χ3n) is 1.89. The molecule has 0 aliphatic carbocycles. The van der Waals surface area contributed by atoms with E-state index in [1.54, 1.807) is 11.3 Å². The van der Waals surface area contributed by atoms with Crippen LogP contribution in [-0.4, -0.2) is 24.9 Å². The zero-order valence-corrected chi connectivity index (χ0v) is 9.89. The van der Waals surface area contributed by atoms with Crippen LogP contribution in [0.1, 0.15) is 9.75 Å². The number of nitrogens with two attached hydrogens (primary N) is 1. The normalized spacial score (nSPS) is 9.88. The lowest BCUT2D eigenvalue weighted by Crippen LogP contribution is -2.39. The monoisotopic (exact) mass is 241 g/mol. The quantitative estimate of drug-likeness (QED) is 0.664. The highest BCUT2D eigenvalue weighted by atomic mass is 32.1. The van der Waals surface area contributed by atoms with Crippen LogP contribution in [0.15, 0.2) is 12.1 Å². The van der Waals surface area contributed by atoms with Crippen molar-refractivity contribution in [3.05, 3.63) is 21.9 Å². The summed E-state index contributed by atoms with van der Waals surface area (Å²) in [6, 6.07) is 3.97. The first kappa shape index (κ1) is 12.7. The Labute approximate surface area is 98.0 Å². The molecule has 1 aromatic rings. The predicted molar refractivity (Wildman–Crippen MR) is 63.0 cm³/mol. The molecule has 88 valence electrons. The van der Waals surface area contributed by atoms with Gasteiger partial charge in [-0.1, -0.05) is 0 Å². The molecule has 0 fully saturated rings. The Morgan fingerprint density at radius 1 is 1.31 bits per heavy atom. The van der Waals surface area contributed by atoms with Crippen molar-refractivity contribution in [3.8, 4) is 0 Å². The van der Waals surface area contributed by atoms with Gasteiger partial charge in [0, 0.05) is 9.75 Å². The number of hydrogen-bond acceptors (Lipinski definition) is 4. The second-order valence-electron chi connectivity index (χ2n) is 3.27. The van der Waals surface area contributed by atoms with E-state index in [4.69, 9.17) is 5.73 Å².